The average molecular weight is 356 g/mol. The number of fused-ring (bicyclic) bond motifs is 1. The van der Waals surface area contributed by atoms with Crippen LogP contribution in [0.2, 0.25) is 0 Å². The number of carbonyl (C=O) groups is 1. The third-order valence-electron chi connectivity index (χ3n) is 4.32. The Morgan fingerprint density at radius 3 is 2.88 bits per heavy atom. The smallest absolute Gasteiger partial charge is 0.334 e. The van der Waals surface area contributed by atoms with E-state index in [2.05, 4.69) is 15.4 Å². The van der Waals surface area contributed by atoms with Gasteiger partial charge in [-0.3, -0.25) is 10.00 Å². The van der Waals surface area contributed by atoms with Crippen LogP contribution in [0.3, 0.4) is 0 Å². The van der Waals surface area contributed by atoms with Crippen LogP contribution in [0.15, 0.2) is 18.5 Å². The first kappa shape index (κ1) is 17.3. The lowest BCUT2D eigenvalue weighted by molar-refractivity contribution is -0.141. The van der Waals surface area contributed by atoms with E-state index in [4.69, 9.17) is 0 Å². The zero-order chi connectivity index (χ0) is 18.2. The van der Waals surface area contributed by atoms with Crippen LogP contribution in [-0.2, 0) is 26.2 Å². The number of alkyl halides is 3. The number of urea groups is 1. The fourth-order valence-electron chi connectivity index (χ4n) is 2.97. The van der Waals surface area contributed by atoms with Crippen molar-refractivity contribution in [2.24, 2.45) is 13.0 Å². The number of amides is 2. The lowest BCUT2D eigenvalue weighted by Crippen LogP contribution is -2.38. The maximum Gasteiger partial charge on any atom is 0.434 e. The summed E-state index contributed by atoms with van der Waals surface area (Å²) in [5.41, 5.74) is -0.856. The van der Waals surface area contributed by atoms with Crippen molar-refractivity contribution in [3.05, 3.63) is 30.0 Å². The molecule has 0 aliphatic carbocycles. The van der Waals surface area contributed by atoms with Gasteiger partial charge in [-0.15, -0.1) is 0 Å². The molecule has 0 radical (unpaired) electrons. The molecular weight excluding hydrogens is 337 g/mol. The van der Waals surface area contributed by atoms with Gasteiger partial charge < -0.3 is 9.47 Å². The highest BCUT2D eigenvalue weighted by Crippen LogP contribution is 2.30. The van der Waals surface area contributed by atoms with E-state index >= 15 is 0 Å². The highest BCUT2D eigenvalue weighted by atomic mass is 19.4. The maximum absolute atomic E-state index is 12.8. The van der Waals surface area contributed by atoms with Gasteiger partial charge >= 0.3 is 12.2 Å². The van der Waals surface area contributed by atoms with Crippen LogP contribution in [0.1, 0.15) is 17.9 Å². The number of halogens is 3. The highest BCUT2D eigenvalue weighted by molar-refractivity contribution is 5.88. The van der Waals surface area contributed by atoms with Crippen molar-refractivity contribution in [1.29, 1.82) is 0 Å². The Labute approximate surface area is 142 Å². The van der Waals surface area contributed by atoms with Gasteiger partial charge in [0.15, 0.2) is 5.69 Å². The molecule has 0 spiro atoms. The summed E-state index contributed by atoms with van der Waals surface area (Å²) in [5, 5.41) is 6.72. The van der Waals surface area contributed by atoms with Crippen molar-refractivity contribution in [2.75, 3.05) is 18.9 Å². The lowest BCUT2D eigenvalue weighted by atomic mass is 9.99. The second-order valence-corrected chi connectivity index (χ2v) is 6.25. The van der Waals surface area contributed by atoms with Crippen LogP contribution in [0.5, 0.6) is 0 Å². The van der Waals surface area contributed by atoms with Crippen LogP contribution in [0, 0.1) is 5.92 Å². The Bertz CT molecular complexity index is 766. The van der Waals surface area contributed by atoms with E-state index < -0.39 is 11.9 Å². The summed E-state index contributed by atoms with van der Waals surface area (Å²) >= 11 is 0. The second-order valence-electron chi connectivity index (χ2n) is 6.25. The van der Waals surface area contributed by atoms with Crippen molar-refractivity contribution in [3.8, 4) is 0 Å². The Morgan fingerprint density at radius 2 is 2.24 bits per heavy atom. The molecule has 2 aromatic heterocycles. The molecule has 136 valence electrons. The third-order valence-corrected chi connectivity index (χ3v) is 4.32. The molecule has 3 heterocycles. The largest absolute Gasteiger partial charge is 0.434 e. The molecule has 1 aliphatic heterocycles. The predicted octanol–water partition coefficient (Wildman–Crippen LogP) is 2.36. The van der Waals surface area contributed by atoms with Gasteiger partial charge in [0.25, 0.3) is 0 Å². The van der Waals surface area contributed by atoms with E-state index in [0.717, 1.165) is 6.20 Å². The van der Waals surface area contributed by atoms with Crippen LogP contribution >= 0.6 is 0 Å². The van der Waals surface area contributed by atoms with Crippen molar-refractivity contribution >= 4 is 11.8 Å². The molecule has 0 bridgehead atoms. The number of hydrogen-bond donors (Lipinski definition) is 1. The number of carbonyl (C=O) groups excluding carboxylic acids is 1. The molecule has 1 N–H and O–H groups in total. The first-order valence-corrected chi connectivity index (χ1v) is 7.87. The summed E-state index contributed by atoms with van der Waals surface area (Å²) in [4.78, 5) is 17.4. The topological polar surface area (TPSA) is 68.0 Å². The number of rotatable bonds is 3. The molecule has 7 nitrogen and oxygen atoms in total. The minimum absolute atomic E-state index is 0.0741. The van der Waals surface area contributed by atoms with Gasteiger partial charge in [0.2, 0.25) is 0 Å². The maximum atomic E-state index is 12.8. The van der Waals surface area contributed by atoms with Crippen LogP contribution in [-0.4, -0.2) is 43.9 Å². The molecule has 10 heteroatoms. The molecule has 25 heavy (non-hydrogen) atoms. The van der Waals surface area contributed by atoms with E-state index in [0.29, 0.717) is 37.6 Å². The summed E-state index contributed by atoms with van der Waals surface area (Å²) in [5.74, 6) is 1.10. The second kappa shape index (κ2) is 6.41. The normalized spacial score (nSPS) is 17.2. The molecule has 3 rings (SSSR count). The molecule has 0 fully saturated rings. The van der Waals surface area contributed by atoms with Crippen molar-refractivity contribution in [3.63, 3.8) is 0 Å². The minimum atomic E-state index is -4.43. The molecule has 2 aromatic rings. The van der Waals surface area contributed by atoms with Gasteiger partial charge in [-0.25, -0.2) is 9.78 Å². The molecular formula is C15H19F3N6O. The number of nitrogens with zero attached hydrogens (tertiary/aromatic N) is 5. The van der Waals surface area contributed by atoms with Crippen LogP contribution in [0.4, 0.5) is 23.8 Å². The van der Waals surface area contributed by atoms with Gasteiger partial charge in [-0.1, -0.05) is 0 Å². The summed E-state index contributed by atoms with van der Waals surface area (Å²) in [6.07, 6.45) is -0.637. The van der Waals surface area contributed by atoms with Gasteiger partial charge in [0.05, 0.1) is 6.20 Å². The molecule has 1 atom stereocenters. The monoisotopic (exact) mass is 356 g/mol. The van der Waals surface area contributed by atoms with Crippen molar-refractivity contribution in [2.45, 2.75) is 25.6 Å². The minimum Gasteiger partial charge on any atom is -0.334 e. The first-order valence-electron chi connectivity index (χ1n) is 7.87. The number of imidazole rings is 1. The van der Waals surface area contributed by atoms with Gasteiger partial charge in [0, 0.05) is 45.9 Å². The van der Waals surface area contributed by atoms with Crippen LogP contribution < -0.4 is 5.32 Å². The molecule has 1 aliphatic rings. The summed E-state index contributed by atoms with van der Waals surface area (Å²) in [6, 6.07) is 1.40. The lowest BCUT2D eigenvalue weighted by Gasteiger charge is -2.28. The molecule has 1 unspecified atom stereocenters. The summed E-state index contributed by atoms with van der Waals surface area (Å²) in [7, 11) is 3.38. The summed E-state index contributed by atoms with van der Waals surface area (Å²) < 4.78 is 41.4. The average Bonchev–Trinajstić information content (AvgIpc) is 3.13. The number of aryl methyl sites for hydroxylation is 2. The SMILES string of the molecule is CN(CC1CCc2nc(C(F)(F)F)cn2C1)C(=O)Nc1ccnn1C. The number of hydrogen-bond acceptors (Lipinski definition) is 3. The van der Waals surface area contributed by atoms with Crippen molar-refractivity contribution < 1.29 is 18.0 Å². The highest BCUT2D eigenvalue weighted by Gasteiger charge is 2.36. The molecule has 0 saturated carbocycles. The predicted molar refractivity (Wildman–Crippen MR) is 83.9 cm³/mol. The van der Waals surface area contributed by atoms with Crippen molar-refractivity contribution in [1.82, 2.24) is 24.2 Å². The molecule has 0 aromatic carbocycles. The van der Waals surface area contributed by atoms with E-state index in [1.807, 2.05) is 0 Å². The van der Waals surface area contributed by atoms with E-state index in [1.54, 1.807) is 35.6 Å². The summed E-state index contributed by atoms with van der Waals surface area (Å²) in [6.45, 7) is 0.865. The third kappa shape index (κ3) is 3.77. The van der Waals surface area contributed by atoms with Gasteiger partial charge in [-0.05, 0) is 12.3 Å². The number of nitrogens with one attached hydrogen (secondary N) is 1. The Morgan fingerprint density at radius 1 is 1.48 bits per heavy atom. The zero-order valence-electron chi connectivity index (χ0n) is 13.9. The number of anilines is 1. The van der Waals surface area contributed by atoms with E-state index in [9.17, 15) is 18.0 Å². The van der Waals surface area contributed by atoms with E-state index in [-0.39, 0.29) is 11.9 Å². The van der Waals surface area contributed by atoms with Gasteiger partial charge in [0.1, 0.15) is 11.6 Å². The standard InChI is InChI=1S/C15H19F3N6O/c1-22(14(25)21-12-5-6-19-23(12)2)7-10-3-4-13-20-11(15(16,17)18)9-24(13)8-10/h5-6,9-10H,3-4,7-8H2,1-2H3,(H,21,25). The van der Waals surface area contributed by atoms with E-state index in [1.165, 1.54) is 4.90 Å². The number of aromatic nitrogens is 4. The quantitative estimate of drug-likeness (QED) is 0.918. The molecule has 2 amide bonds. The Kier molecular flexibility index (Phi) is 4.44. The van der Waals surface area contributed by atoms with Gasteiger partial charge in [-0.2, -0.15) is 18.3 Å². The first-order chi connectivity index (χ1) is 11.7. The Hall–Kier alpha value is -2.52. The fourth-order valence-corrected chi connectivity index (χ4v) is 2.97. The van der Waals surface area contributed by atoms with Crippen LogP contribution in [0.25, 0.3) is 0 Å². The molecule has 0 saturated heterocycles. The Balaban J connectivity index is 1.59. The zero-order valence-corrected chi connectivity index (χ0v) is 13.9. The fraction of sp³-hybridized carbons (Fsp3) is 0.533.